The Hall–Kier alpha value is -0.850. The third-order valence-corrected chi connectivity index (χ3v) is 1.92. The molecule has 70 valence electrons. The normalized spacial score (nSPS) is 9.69. The van der Waals surface area contributed by atoms with Crippen molar-refractivity contribution >= 4 is 28.6 Å². The van der Waals surface area contributed by atoms with Crippen LogP contribution in [0.3, 0.4) is 0 Å². The molecule has 3 nitrogen and oxygen atoms in total. The number of carboxylic acid groups (broad SMARTS) is 1. The van der Waals surface area contributed by atoms with Crippen LogP contribution in [0.4, 0.5) is 4.39 Å². The highest BCUT2D eigenvalue weighted by Gasteiger charge is 2.05. The fraction of sp³-hybridized carbons (Fsp3) is 0.125. The van der Waals surface area contributed by atoms with E-state index in [4.69, 9.17) is 5.11 Å². The lowest BCUT2D eigenvalue weighted by Crippen LogP contribution is -2.10. The maximum atomic E-state index is 13.0. The van der Waals surface area contributed by atoms with Crippen molar-refractivity contribution < 1.29 is 19.0 Å². The minimum atomic E-state index is -1.13. The molecular formula is C8H6FIO3. The van der Waals surface area contributed by atoms with Gasteiger partial charge in [0.2, 0.25) is 0 Å². The largest absolute Gasteiger partial charge is 0.479 e. The van der Waals surface area contributed by atoms with E-state index in [0.29, 0.717) is 0 Å². The molecule has 5 heteroatoms. The van der Waals surface area contributed by atoms with E-state index in [9.17, 15) is 9.18 Å². The van der Waals surface area contributed by atoms with E-state index in [1.807, 2.05) is 22.6 Å². The van der Waals surface area contributed by atoms with Crippen LogP contribution in [0.15, 0.2) is 18.2 Å². The number of carboxylic acids is 1. The second-order valence-electron chi connectivity index (χ2n) is 2.26. The monoisotopic (exact) mass is 296 g/mol. The first-order valence-corrected chi connectivity index (χ1v) is 4.47. The molecule has 1 aromatic rings. The minimum absolute atomic E-state index is 0.0391. The zero-order valence-electron chi connectivity index (χ0n) is 6.46. The zero-order chi connectivity index (χ0) is 9.84. The smallest absolute Gasteiger partial charge is 0.341 e. The average molecular weight is 296 g/mol. The van der Waals surface area contributed by atoms with E-state index in [-0.39, 0.29) is 5.75 Å². The second kappa shape index (κ2) is 4.40. The highest BCUT2D eigenvalue weighted by atomic mass is 127. The summed E-state index contributed by atoms with van der Waals surface area (Å²) < 4.78 is 18.4. The minimum Gasteiger partial charge on any atom is -0.479 e. The summed E-state index contributed by atoms with van der Waals surface area (Å²) in [5, 5.41) is 8.27. The second-order valence-corrected chi connectivity index (χ2v) is 3.50. The van der Waals surface area contributed by atoms with Gasteiger partial charge >= 0.3 is 5.97 Å². The first-order chi connectivity index (χ1) is 6.09. The summed E-state index contributed by atoms with van der Waals surface area (Å²) in [6.07, 6.45) is 0. The van der Waals surface area contributed by atoms with Gasteiger partial charge in [0, 0.05) is 3.57 Å². The van der Waals surface area contributed by atoms with Crippen molar-refractivity contribution in [2.75, 3.05) is 6.61 Å². The molecule has 1 N–H and O–H groups in total. The summed E-state index contributed by atoms with van der Waals surface area (Å²) >= 11 is 1.95. The Morgan fingerprint density at radius 3 is 2.85 bits per heavy atom. The fourth-order valence-corrected chi connectivity index (χ4v) is 1.18. The number of aliphatic carboxylic acids is 1. The number of rotatable bonds is 3. The standard InChI is InChI=1S/C8H6FIO3/c9-6-3-5(10)1-2-7(6)13-4-8(11)12/h1-3H,4H2,(H,11,12). The molecule has 1 rings (SSSR count). The van der Waals surface area contributed by atoms with Gasteiger partial charge in [-0.3, -0.25) is 0 Å². The molecule has 0 fully saturated rings. The molecule has 0 spiro atoms. The van der Waals surface area contributed by atoms with Gasteiger partial charge in [-0.05, 0) is 40.8 Å². The number of carbonyl (C=O) groups is 1. The van der Waals surface area contributed by atoms with Crippen LogP contribution < -0.4 is 4.74 Å². The first-order valence-electron chi connectivity index (χ1n) is 3.39. The predicted octanol–water partition coefficient (Wildman–Crippen LogP) is 1.89. The van der Waals surface area contributed by atoms with Crippen LogP contribution >= 0.6 is 22.6 Å². The molecular weight excluding hydrogens is 290 g/mol. The molecule has 0 aliphatic rings. The van der Waals surface area contributed by atoms with Crippen LogP contribution in [0.2, 0.25) is 0 Å². The van der Waals surface area contributed by atoms with Crippen molar-refractivity contribution in [3.05, 3.63) is 27.6 Å². The maximum absolute atomic E-state index is 13.0. The molecule has 0 heterocycles. The number of benzene rings is 1. The van der Waals surface area contributed by atoms with Gasteiger partial charge in [0.1, 0.15) is 0 Å². The molecule has 0 aliphatic heterocycles. The molecule has 1 aromatic carbocycles. The van der Waals surface area contributed by atoms with Crippen LogP contribution in [-0.2, 0) is 4.79 Å². The number of hydrogen-bond acceptors (Lipinski definition) is 2. The van der Waals surface area contributed by atoms with Gasteiger partial charge in [0.05, 0.1) is 0 Å². The highest BCUT2D eigenvalue weighted by molar-refractivity contribution is 14.1. The summed E-state index contributed by atoms with van der Waals surface area (Å²) in [5.41, 5.74) is 0. The number of hydrogen-bond donors (Lipinski definition) is 1. The van der Waals surface area contributed by atoms with Crippen LogP contribution in [-0.4, -0.2) is 17.7 Å². The molecule has 0 atom stereocenters. The zero-order valence-corrected chi connectivity index (χ0v) is 8.62. The lowest BCUT2D eigenvalue weighted by atomic mass is 10.3. The summed E-state index contributed by atoms with van der Waals surface area (Å²) in [5.74, 6) is -1.71. The summed E-state index contributed by atoms with van der Waals surface area (Å²) in [4.78, 5) is 10.1. The Labute approximate surface area is 87.7 Å². The van der Waals surface area contributed by atoms with E-state index in [1.54, 1.807) is 6.07 Å². The Morgan fingerprint density at radius 2 is 2.31 bits per heavy atom. The Morgan fingerprint density at radius 1 is 1.62 bits per heavy atom. The number of ether oxygens (including phenoxy) is 1. The van der Waals surface area contributed by atoms with E-state index >= 15 is 0 Å². The molecule has 0 saturated heterocycles. The van der Waals surface area contributed by atoms with Gasteiger partial charge in [-0.25, -0.2) is 9.18 Å². The lowest BCUT2D eigenvalue weighted by molar-refractivity contribution is -0.139. The van der Waals surface area contributed by atoms with Gasteiger partial charge in [-0.15, -0.1) is 0 Å². The van der Waals surface area contributed by atoms with Gasteiger partial charge in [0.15, 0.2) is 18.2 Å². The fourth-order valence-electron chi connectivity index (χ4n) is 0.732. The SMILES string of the molecule is O=C(O)COc1ccc(I)cc1F. The molecule has 13 heavy (non-hydrogen) atoms. The van der Waals surface area contributed by atoms with Crippen LogP contribution in [0.1, 0.15) is 0 Å². The van der Waals surface area contributed by atoms with E-state index in [1.165, 1.54) is 12.1 Å². The molecule has 0 aromatic heterocycles. The lowest BCUT2D eigenvalue weighted by Gasteiger charge is -2.03. The maximum Gasteiger partial charge on any atom is 0.341 e. The van der Waals surface area contributed by atoms with E-state index in [0.717, 1.165) is 3.57 Å². The summed E-state index contributed by atoms with van der Waals surface area (Å²) in [6, 6.07) is 4.32. The molecule has 0 amide bonds. The van der Waals surface area contributed by atoms with Crippen molar-refractivity contribution in [3.63, 3.8) is 0 Å². The predicted molar refractivity (Wildman–Crippen MR) is 52.2 cm³/mol. The van der Waals surface area contributed by atoms with Gasteiger partial charge in [-0.2, -0.15) is 0 Å². The van der Waals surface area contributed by atoms with Crippen molar-refractivity contribution in [1.82, 2.24) is 0 Å². The van der Waals surface area contributed by atoms with Crippen molar-refractivity contribution in [2.24, 2.45) is 0 Å². The van der Waals surface area contributed by atoms with Crippen molar-refractivity contribution in [3.8, 4) is 5.75 Å². The molecule has 0 aliphatic carbocycles. The molecule has 0 radical (unpaired) electrons. The van der Waals surface area contributed by atoms with Gasteiger partial charge < -0.3 is 9.84 Å². The van der Waals surface area contributed by atoms with Crippen molar-refractivity contribution in [2.45, 2.75) is 0 Å². The van der Waals surface area contributed by atoms with E-state index in [2.05, 4.69) is 4.74 Å². The summed E-state index contributed by atoms with van der Waals surface area (Å²) in [7, 11) is 0. The average Bonchev–Trinajstić information content (AvgIpc) is 2.02. The third-order valence-electron chi connectivity index (χ3n) is 1.25. The number of halogens is 2. The molecule has 0 saturated carbocycles. The Bertz CT molecular complexity index is 327. The van der Waals surface area contributed by atoms with Crippen LogP contribution in [0.5, 0.6) is 5.75 Å². The van der Waals surface area contributed by atoms with Gasteiger partial charge in [-0.1, -0.05) is 0 Å². The molecule has 0 bridgehead atoms. The van der Waals surface area contributed by atoms with E-state index < -0.39 is 18.4 Å². The third kappa shape index (κ3) is 3.17. The van der Waals surface area contributed by atoms with Crippen LogP contribution in [0.25, 0.3) is 0 Å². The Kier molecular flexibility index (Phi) is 3.47. The quantitative estimate of drug-likeness (QED) is 0.867. The topological polar surface area (TPSA) is 46.5 Å². The highest BCUT2D eigenvalue weighted by Crippen LogP contribution is 2.18. The van der Waals surface area contributed by atoms with Gasteiger partial charge in [0.25, 0.3) is 0 Å². The molecule has 0 unspecified atom stereocenters. The van der Waals surface area contributed by atoms with Crippen molar-refractivity contribution in [1.29, 1.82) is 0 Å². The Balaban J connectivity index is 2.72. The summed E-state index contributed by atoms with van der Waals surface area (Å²) in [6.45, 7) is -0.530. The van der Waals surface area contributed by atoms with Crippen LogP contribution in [0, 0.1) is 9.39 Å². The first kappa shape index (κ1) is 10.2.